The average molecular weight is 366 g/mol. The van der Waals surface area contributed by atoms with Gasteiger partial charge in [-0.15, -0.1) is 12.4 Å². The SMILES string of the molecule is CC(CC(=O)Nc1ccc2c(c1)C(=O)N(C)CC2)C1CCNCC1.Cl. The number of nitrogens with zero attached hydrogens (tertiary/aromatic N) is 1. The summed E-state index contributed by atoms with van der Waals surface area (Å²) in [6.07, 6.45) is 3.70. The number of anilines is 1. The van der Waals surface area contributed by atoms with E-state index in [-0.39, 0.29) is 24.2 Å². The summed E-state index contributed by atoms with van der Waals surface area (Å²) in [6, 6.07) is 5.69. The van der Waals surface area contributed by atoms with Gasteiger partial charge in [-0.3, -0.25) is 9.59 Å². The van der Waals surface area contributed by atoms with Crippen LogP contribution in [0.2, 0.25) is 0 Å². The topological polar surface area (TPSA) is 61.4 Å². The third-order valence-electron chi connectivity index (χ3n) is 5.38. The number of piperidine rings is 1. The Morgan fingerprint density at radius 1 is 1.36 bits per heavy atom. The Morgan fingerprint density at radius 2 is 2.08 bits per heavy atom. The minimum absolute atomic E-state index is 0. The van der Waals surface area contributed by atoms with Crippen LogP contribution in [0, 0.1) is 11.8 Å². The van der Waals surface area contributed by atoms with Crippen LogP contribution in [0.15, 0.2) is 18.2 Å². The van der Waals surface area contributed by atoms with Gasteiger partial charge >= 0.3 is 0 Å². The van der Waals surface area contributed by atoms with E-state index in [1.807, 2.05) is 25.2 Å². The molecule has 1 fully saturated rings. The van der Waals surface area contributed by atoms with Crippen LogP contribution in [-0.4, -0.2) is 43.4 Å². The van der Waals surface area contributed by atoms with Crippen LogP contribution >= 0.6 is 12.4 Å². The number of benzene rings is 1. The van der Waals surface area contributed by atoms with Crippen molar-refractivity contribution in [1.82, 2.24) is 10.2 Å². The summed E-state index contributed by atoms with van der Waals surface area (Å²) >= 11 is 0. The second-order valence-corrected chi connectivity index (χ2v) is 7.17. The van der Waals surface area contributed by atoms with Crippen molar-refractivity contribution < 1.29 is 9.59 Å². The Balaban J connectivity index is 0.00000225. The summed E-state index contributed by atoms with van der Waals surface area (Å²) in [5.41, 5.74) is 2.51. The van der Waals surface area contributed by atoms with E-state index in [4.69, 9.17) is 0 Å². The predicted octanol–water partition coefficient (Wildman–Crippen LogP) is 2.70. The fourth-order valence-corrected chi connectivity index (χ4v) is 3.75. The number of carbonyl (C=O) groups is 2. The van der Waals surface area contributed by atoms with Gasteiger partial charge in [0, 0.05) is 31.3 Å². The lowest BCUT2D eigenvalue weighted by molar-refractivity contribution is -0.117. The first-order chi connectivity index (χ1) is 11.5. The van der Waals surface area contributed by atoms with Crippen molar-refractivity contribution in [3.05, 3.63) is 29.3 Å². The molecule has 2 heterocycles. The monoisotopic (exact) mass is 365 g/mol. The van der Waals surface area contributed by atoms with Crippen molar-refractivity contribution in [2.45, 2.75) is 32.6 Å². The summed E-state index contributed by atoms with van der Waals surface area (Å²) in [6.45, 7) is 5.03. The van der Waals surface area contributed by atoms with Gasteiger partial charge in [0.05, 0.1) is 0 Å². The van der Waals surface area contributed by atoms with Crippen LogP contribution in [0.25, 0.3) is 0 Å². The predicted molar refractivity (Wildman–Crippen MR) is 102 cm³/mol. The summed E-state index contributed by atoms with van der Waals surface area (Å²) < 4.78 is 0. The van der Waals surface area contributed by atoms with E-state index in [1.54, 1.807) is 4.90 Å². The van der Waals surface area contributed by atoms with Crippen molar-refractivity contribution in [3.8, 4) is 0 Å². The Labute approximate surface area is 155 Å². The molecule has 1 unspecified atom stereocenters. The molecule has 2 aliphatic rings. The van der Waals surface area contributed by atoms with Gasteiger partial charge in [-0.1, -0.05) is 13.0 Å². The summed E-state index contributed by atoms with van der Waals surface area (Å²) in [4.78, 5) is 26.3. The van der Waals surface area contributed by atoms with Gasteiger partial charge < -0.3 is 15.5 Å². The van der Waals surface area contributed by atoms with Gasteiger partial charge in [0.25, 0.3) is 5.91 Å². The first kappa shape index (κ1) is 19.7. The average Bonchev–Trinajstić information content (AvgIpc) is 2.59. The van der Waals surface area contributed by atoms with E-state index in [1.165, 1.54) is 0 Å². The molecule has 0 saturated carbocycles. The molecule has 1 aromatic rings. The lowest BCUT2D eigenvalue weighted by Gasteiger charge is -2.28. The molecule has 1 atom stereocenters. The largest absolute Gasteiger partial charge is 0.341 e. The number of hydrogen-bond acceptors (Lipinski definition) is 3. The number of amides is 2. The van der Waals surface area contributed by atoms with E-state index in [0.717, 1.165) is 50.1 Å². The first-order valence-electron chi connectivity index (χ1n) is 8.93. The first-order valence-corrected chi connectivity index (χ1v) is 8.93. The van der Waals surface area contributed by atoms with E-state index in [9.17, 15) is 9.59 Å². The smallest absolute Gasteiger partial charge is 0.253 e. The molecule has 2 amide bonds. The van der Waals surface area contributed by atoms with Crippen LogP contribution in [-0.2, 0) is 11.2 Å². The fourth-order valence-electron chi connectivity index (χ4n) is 3.75. The molecular weight excluding hydrogens is 338 g/mol. The molecule has 1 aromatic carbocycles. The van der Waals surface area contributed by atoms with E-state index in [0.29, 0.717) is 23.8 Å². The highest BCUT2D eigenvalue weighted by molar-refractivity contribution is 5.99. The molecule has 0 aliphatic carbocycles. The third-order valence-corrected chi connectivity index (χ3v) is 5.38. The zero-order valence-corrected chi connectivity index (χ0v) is 15.8. The third kappa shape index (κ3) is 4.73. The van der Waals surface area contributed by atoms with Gasteiger partial charge in [0.1, 0.15) is 0 Å². The number of rotatable bonds is 4. The van der Waals surface area contributed by atoms with Crippen molar-refractivity contribution in [1.29, 1.82) is 0 Å². The second-order valence-electron chi connectivity index (χ2n) is 7.17. The van der Waals surface area contributed by atoms with Gasteiger partial charge in [-0.25, -0.2) is 0 Å². The molecule has 6 heteroatoms. The van der Waals surface area contributed by atoms with E-state index in [2.05, 4.69) is 17.6 Å². The van der Waals surface area contributed by atoms with Crippen LogP contribution in [0.1, 0.15) is 42.1 Å². The number of carbonyl (C=O) groups excluding carboxylic acids is 2. The Bertz CT molecular complexity index is 629. The maximum Gasteiger partial charge on any atom is 0.253 e. The molecule has 3 rings (SSSR count). The summed E-state index contributed by atoms with van der Waals surface area (Å²) in [5, 5.41) is 6.34. The summed E-state index contributed by atoms with van der Waals surface area (Å²) in [5.74, 6) is 1.08. The number of nitrogens with one attached hydrogen (secondary N) is 2. The zero-order chi connectivity index (χ0) is 17.1. The van der Waals surface area contributed by atoms with Crippen LogP contribution in [0.4, 0.5) is 5.69 Å². The Hall–Kier alpha value is -1.59. The Morgan fingerprint density at radius 3 is 2.80 bits per heavy atom. The van der Waals surface area contributed by atoms with Crippen LogP contribution in [0.5, 0.6) is 0 Å². The molecule has 1 saturated heterocycles. The van der Waals surface area contributed by atoms with Crippen LogP contribution in [0.3, 0.4) is 0 Å². The molecular formula is C19H28ClN3O2. The highest BCUT2D eigenvalue weighted by atomic mass is 35.5. The molecule has 25 heavy (non-hydrogen) atoms. The molecule has 0 aromatic heterocycles. The van der Waals surface area contributed by atoms with Crippen molar-refractivity contribution in [2.75, 3.05) is 32.0 Å². The van der Waals surface area contributed by atoms with Gasteiger partial charge in [0.2, 0.25) is 5.91 Å². The molecule has 2 aliphatic heterocycles. The number of halogens is 1. The quantitative estimate of drug-likeness (QED) is 0.862. The Kier molecular flexibility index (Phi) is 6.85. The van der Waals surface area contributed by atoms with Crippen LogP contribution < -0.4 is 10.6 Å². The van der Waals surface area contributed by atoms with Gasteiger partial charge in [-0.05, 0) is 61.9 Å². The molecule has 0 bridgehead atoms. The van der Waals surface area contributed by atoms with Gasteiger partial charge in [0.15, 0.2) is 0 Å². The van der Waals surface area contributed by atoms with E-state index < -0.39 is 0 Å². The lowest BCUT2D eigenvalue weighted by atomic mass is 9.84. The number of hydrogen-bond donors (Lipinski definition) is 2. The number of likely N-dealkylation sites (N-methyl/N-ethyl adjacent to an activating group) is 1. The van der Waals surface area contributed by atoms with Crippen molar-refractivity contribution in [2.24, 2.45) is 11.8 Å². The van der Waals surface area contributed by atoms with Gasteiger partial charge in [-0.2, -0.15) is 0 Å². The van der Waals surface area contributed by atoms with E-state index >= 15 is 0 Å². The molecule has 0 radical (unpaired) electrons. The molecule has 0 spiro atoms. The highest BCUT2D eigenvalue weighted by Crippen LogP contribution is 2.26. The maximum atomic E-state index is 12.4. The summed E-state index contributed by atoms with van der Waals surface area (Å²) in [7, 11) is 1.82. The standard InChI is InChI=1S/C19H27N3O2.ClH/c1-13(14-5-8-20-9-6-14)11-18(23)21-16-4-3-15-7-10-22(2)19(24)17(15)12-16;/h3-4,12-14,20H,5-11H2,1-2H3,(H,21,23);1H. The normalized spacial score (nSPS) is 19.0. The lowest BCUT2D eigenvalue weighted by Crippen LogP contribution is -2.34. The maximum absolute atomic E-state index is 12.4. The molecule has 5 nitrogen and oxygen atoms in total. The zero-order valence-electron chi connectivity index (χ0n) is 15.0. The minimum atomic E-state index is 0. The van der Waals surface area contributed by atoms with Crippen molar-refractivity contribution in [3.63, 3.8) is 0 Å². The minimum Gasteiger partial charge on any atom is -0.341 e. The highest BCUT2D eigenvalue weighted by Gasteiger charge is 2.24. The number of fused-ring (bicyclic) bond motifs is 1. The second kappa shape index (κ2) is 8.68. The van der Waals surface area contributed by atoms with Crippen molar-refractivity contribution >= 4 is 29.9 Å². The fraction of sp³-hybridized carbons (Fsp3) is 0.579. The molecule has 138 valence electrons. The molecule has 2 N–H and O–H groups in total.